The summed E-state index contributed by atoms with van der Waals surface area (Å²) in [7, 11) is -0.850. The first-order valence-corrected chi connectivity index (χ1v) is 9.56. The van der Waals surface area contributed by atoms with Crippen LogP contribution in [0.1, 0.15) is 22.9 Å². The lowest BCUT2D eigenvalue weighted by Crippen LogP contribution is -2.13. The van der Waals surface area contributed by atoms with E-state index in [2.05, 4.69) is 28.5 Å². The van der Waals surface area contributed by atoms with Crippen molar-refractivity contribution >= 4 is 16.5 Å². The number of pyridine rings is 1. The second-order valence-corrected chi connectivity index (χ2v) is 7.10. The topological polar surface area (TPSA) is 42.0 Å². The molecule has 2 aromatic carbocycles. The number of hydrogen-bond donors (Lipinski definition) is 1. The highest BCUT2D eigenvalue weighted by Crippen LogP contribution is 2.25. The molecule has 0 aliphatic carbocycles. The third kappa shape index (κ3) is 4.30. The fourth-order valence-corrected chi connectivity index (χ4v) is 3.32. The molecule has 0 spiro atoms. The smallest absolute Gasteiger partial charge is 0.0940 e. The second kappa shape index (κ2) is 7.88. The molecule has 122 valence electrons. The van der Waals surface area contributed by atoms with Crippen LogP contribution in [0.5, 0.6) is 0 Å². The molecule has 0 unspecified atom stereocenters. The first-order chi connectivity index (χ1) is 11.7. The van der Waals surface area contributed by atoms with Gasteiger partial charge in [0.15, 0.2) is 0 Å². The zero-order chi connectivity index (χ0) is 16.8. The summed E-state index contributed by atoms with van der Waals surface area (Å²) < 4.78 is 11.5. The van der Waals surface area contributed by atoms with Crippen molar-refractivity contribution in [3.8, 4) is 0 Å². The molecule has 0 aliphatic rings. The highest BCUT2D eigenvalue weighted by Gasteiger charge is 2.15. The van der Waals surface area contributed by atoms with Crippen LogP contribution in [-0.2, 0) is 16.6 Å². The van der Waals surface area contributed by atoms with Crippen LogP contribution < -0.4 is 5.32 Å². The van der Waals surface area contributed by atoms with E-state index in [1.807, 2.05) is 60.8 Å². The Hall–Kier alpha value is -2.46. The van der Waals surface area contributed by atoms with E-state index in [0.29, 0.717) is 5.75 Å². The molecule has 1 heterocycles. The van der Waals surface area contributed by atoms with E-state index in [0.717, 1.165) is 22.5 Å². The molecule has 0 radical (unpaired) electrons. The summed E-state index contributed by atoms with van der Waals surface area (Å²) in [5, 5.41) is 3.56. The molecule has 24 heavy (non-hydrogen) atoms. The standard InChI is InChI=1S/C20H20N2OS/c1-24(23)15-16-8-7-11-18(14-16)22-20(17-9-3-2-4-10-17)19-12-5-6-13-21-19/h2-14,20,22H,15H2,1H3/t20-,24-/m1/s1. The average molecular weight is 336 g/mol. The molecule has 0 amide bonds. The van der Waals surface area contributed by atoms with E-state index >= 15 is 0 Å². The molecule has 4 heteroatoms. The summed E-state index contributed by atoms with van der Waals surface area (Å²) in [5.41, 5.74) is 4.18. The minimum Gasteiger partial charge on any atom is -0.373 e. The average Bonchev–Trinajstić information content (AvgIpc) is 2.61. The number of nitrogens with one attached hydrogen (secondary N) is 1. The molecule has 0 fully saturated rings. The Balaban J connectivity index is 1.92. The van der Waals surface area contributed by atoms with Crippen molar-refractivity contribution in [1.29, 1.82) is 0 Å². The molecular formula is C20H20N2OS. The zero-order valence-electron chi connectivity index (χ0n) is 13.6. The van der Waals surface area contributed by atoms with Gasteiger partial charge in [-0.25, -0.2) is 0 Å². The summed E-state index contributed by atoms with van der Waals surface area (Å²) in [5.74, 6) is 0.565. The molecule has 3 rings (SSSR count). The first kappa shape index (κ1) is 16.4. The third-order valence-corrected chi connectivity index (χ3v) is 4.46. The SMILES string of the molecule is C[S@@](=O)Cc1cccc(N[C@H](c2ccccc2)c2ccccn2)c1. The van der Waals surface area contributed by atoms with Crippen molar-refractivity contribution in [1.82, 2.24) is 4.98 Å². The van der Waals surface area contributed by atoms with E-state index in [9.17, 15) is 4.21 Å². The number of anilines is 1. The van der Waals surface area contributed by atoms with Gasteiger partial charge in [0.05, 0.1) is 11.7 Å². The highest BCUT2D eigenvalue weighted by atomic mass is 32.2. The lowest BCUT2D eigenvalue weighted by atomic mass is 10.0. The van der Waals surface area contributed by atoms with Gasteiger partial charge in [-0.3, -0.25) is 9.19 Å². The monoisotopic (exact) mass is 336 g/mol. The first-order valence-electron chi connectivity index (χ1n) is 7.84. The fourth-order valence-electron chi connectivity index (χ4n) is 2.67. The van der Waals surface area contributed by atoms with Crippen molar-refractivity contribution in [3.05, 3.63) is 95.8 Å². The summed E-state index contributed by atoms with van der Waals surface area (Å²) in [6.07, 6.45) is 3.53. The number of rotatable bonds is 6. The van der Waals surface area contributed by atoms with Gasteiger partial charge in [0.2, 0.25) is 0 Å². The second-order valence-electron chi connectivity index (χ2n) is 5.66. The molecule has 2 atom stereocenters. The Labute approximate surface area is 145 Å². The van der Waals surface area contributed by atoms with Crippen molar-refractivity contribution in [2.75, 3.05) is 11.6 Å². The fraction of sp³-hybridized carbons (Fsp3) is 0.150. The van der Waals surface area contributed by atoms with Crippen LogP contribution in [0.2, 0.25) is 0 Å². The Morgan fingerprint density at radius 2 is 1.79 bits per heavy atom. The van der Waals surface area contributed by atoms with E-state index < -0.39 is 10.8 Å². The maximum atomic E-state index is 11.5. The van der Waals surface area contributed by atoms with Crippen LogP contribution in [0, 0.1) is 0 Å². The van der Waals surface area contributed by atoms with Crippen LogP contribution in [0.25, 0.3) is 0 Å². The maximum Gasteiger partial charge on any atom is 0.0940 e. The summed E-state index contributed by atoms with van der Waals surface area (Å²) in [6.45, 7) is 0. The Kier molecular flexibility index (Phi) is 5.39. The van der Waals surface area contributed by atoms with Crippen molar-refractivity contribution in [3.63, 3.8) is 0 Å². The number of nitrogens with zero attached hydrogens (tertiary/aromatic N) is 1. The molecule has 3 nitrogen and oxygen atoms in total. The van der Waals surface area contributed by atoms with Crippen LogP contribution in [-0.4, -0.2) is 15.4 Å². The molecule has 1 aromatic heterocycles. The molecule has 0 aliphatic heterocycles. The van der Waals surface area contributed by atoms with Gasteiger partial charge < -0.3 is 5.32 Å². The van der Waals surface area contributed by atoms with Gasteiger partial charge in [-0.15, -0.1) is 0 Å². The van der Waals surface area contributed by atoms with Crippen molar-refractivity contribution in [2.45, 2.75) is 11.8 Å². The lowest BCUT2D eigenvalue weighted by molar-refractivity contribution is 0.686. The number of aromatic nitrogens is 1. The Bertz CT molecular complexity index is 767. The normalized spacial score (nSPS) is 13.2. The van der Waals surface area contributed by atoms with Crippen LogP contribution in [0.3, 0.4) is 0 Å². The van der Waals surface area contributed by atoms with Gasteiger partial charge in [0.1, 0.15) is 0 Å². The van der Waals surface area contributed by atoms with Gasteiger partial charge in [-0.05, 0) is 35.4 Å². The Morgan fingerprint density at radius 1 is 1.00 bits per heavy atom. The van der Waals surface area contributed by atoms with E-state index in [-0.39, 0.29) is 6.04 Å². The van der Waals surface area contributed by atoms with Gasteiger partial charge in [-0.2, -0.15) is 0 Å². The highest BCUT2D eigenvalue weighted by molar-refractivity contribution is 7.83. The van der Waals surface area contributed by atoms with E-state index in [1.165, 1.54) is 0 Å². The predicted molar refractivity (Wildman–Crippen MR) is 100 cm³/mol. The van der Waals surface area contributed by atoms with E-state index in [1.54, 1.807) is 6.26 Å². The lowest BCUT2D eigenvalue weighted by Gasteiger charge is -2.20. The molecule has 0 bridgehead atoms. The third-order valence-electron chi connectivity index (χ3n) is 3.72. The maximum absolute atomic E-state index is 11.5. The largest absolute Gasteiger partial charge is 0.373 e. The minimum absolute atomic E-state index is 0.0326. The van der Waals surface area contributed by atoms with Gasteiger partial charge >= 0.3 is 0 Å². The van der Waals surface area contributed by atoms with Gasteiger partial charge in [-0.1, -0.05) is 48.5 Å². The van der Waals surface area contributed by atoms with Crippen LogP contribution >= 0.6 is 0 Å². The van der Waals surface area contributed by atoms with E-state index in [4.69, 9.17) is 0 Å². The number of hydrogen-bond acceptors (Lipinski definition) is 3. The predicted octanol–water partition coefficient (Wildman–Crippen LogP) is 4.16. The zero-order valence-corrected chi connectivity index (χ0v) is 14.4. The van der Waals surface area contributed by atoms with Crippen LogP contribution in [0.4, 0.5) is 5.69 Å². The Morgan fingerprint density at radius 3 is 2.50 bits per heavy atom. The van der Waals surface area contributed by atoms with Gasteiger partial charge in [0.25, 0.3) is 0 Å². The van der Waals surface area contributed by atoms with Crippen molar-refractivity contribution in [2.24, 2.45) is 0 Å². The quantitative estimate of drug-likeness (QED) is 0.735. The summed E-state index contributed by atoms with van der Waals surface area (Å²) in [6, 6.07) is 24.2. The molecule has 1 N–H and O–H groups in total. The molecule has 0 saturated heterocycles. The molecular weight excluding hydrogens is 316 g/mol. The van der Waals surface area contributed by atoms with Crippen LogP contribution in [0.15, 0.2) is 79.0 Å². The van der Waals surface area contributed by atoms with Crippen molar-refractivity contribution < 1.29 is 4.21 Å². The van der Waals surface area contributed by atoms with Gasteiger partial charge in [0, 0.05) is 34.7 Å². The number of benzene rings is 2. The summed E-state index contributed by atoms with van der Waals surface area (Å²) >= 11 is 0. The minimum atomic E-state index is -0.850. The molecule has 3 aromatic rings. The summed E-state index contributed by atoms with van der Waals surface area (Å²) in [4.78, 5) is 4.51. The molecule has 0 saturated carbocycles.